The van der Waals surface area contributed by atoms with Crippen LogP contribution in [0.2, 0.25) is 0 Å². The molecule has 2 aliphatic heterocycles. The van der Waals surface area contributed by atoms with Crippen molar-refractivity contribution in [3.05, 3.63) is 0 Å². The molecule has 28 heavy (non-hydrogen) atoms. The van der Waals surface area contributed by atoms with Gasteiger partial charge < -0.3 is 19.7 Å². The molecule has 0 aliphatic carbocycles. The third kappa shape index (κ3) is 7.56. The fourth-order valence-electron chi connectivity index (χ4n) is 3.48. The monoisotopic (exact) mass is 418 g/mol. The topological polar surface area (TPSA) is 109 Å². The Hall–Kier alpha value is -1.39. The number of rotatable bonds is 8. The van der Waals surface area contributed by atoms with Gasteiger partial charge in [-0.1, -0.05) is 0 Å². The van der Waals surface area contributed by atoms with Gasteiger partial charge in [-0.25, -0.2) is 13.1 Å². The van der Waals surface area contributed by atoms with E-state index in [9.17, 15) is 13.2 Å². The molecule has 0 saturated carbocycles. The predicted octanol–water partition coefficient (Wildman–Crippen LogP) is 0.325. The Labute approximate surface area is 168 Å². The number of carbonyl (C=O) groups is 1. The van der Waals surface area contributed by atoms with Crippen LogP contribution in [0.3, 0.4) is 0 Å². The summed E-state index contributed by atoms with van der Waals surface area (Å²) < 4.78 is 37.6. The lowest BCUT2D eigenvalue weighted by Gasteiger charge is -2.33. The van der Waals surface area contributed by atoms with Gasteiger partial charge in [0.25, 0.3) is 0 Å². The number of sulfonamides is 1. The standard InChI is InChI=1S/C18H34N4O5S/c1-3-26-17(23)15-7-10-22(11-8-15)18(19-2)20-9-13-28(24,25)21-14-16-6-4-5-12-27-16/h15-16,21H,3-14H2,1-2H3,(H,19,20). The van der Waals surface area contributed by atoms with Crippen molar-refractivity contribution in [2.24, 2.45) is 10.9 Å². The van der Waals surface area contributed by atoms with Gasteiger partial charge in [0, 0.05) is 39.8 Å². The zero-order chi connectivity index (χ0) is 20.4. The lowest BCUT2D eigenvalue weighted by molar-refractivity contribution is -0.149. The third-order valence-electron chi connectivity index (χ3n) is 5.09. The molecule has 2 rings (SSSR count). The van der Waals surface area contributed by atoms with Gasteiger partial charge in [-0.05, 0) is 39.0 Å². The maximum Gasteiger partial charge on any atom is 0.309 e. The normalized spacial score (nSPS) is 22.1. The number of piperidine rings is 1. The number of nitrogens with one attached hydrogen (secondary N) is 2. The number of likely N-dealkylation sites (tertiary alicyclic amines) is 1. The molecule has 2 fully saturated rings. The Bertz CT molecular complexity index is 611. The van der Waals surface area contributed by atoms with Crippen LogP contribution in [0.5, 0.6) is 0 Å². The van der Waals surface area contributed by atoms with Crippen molar-refractivity contribution >= 4 is 22.0 Å². The van der Waals surface area contributed by atoms with E-state index in [1.807, 2.05) is 11.8 Å². The van der Waals surface area contributed by atoms with Crippen LogP contribution < -0.4 is 10.0 Å². The summed E-state index contributed by atoms with van der Waals surface area (Å²) in [6.07, 6.45) is 4.42. The maximum absolute atomic E-state index is 12.2. The molecule has 0 spiro atoms. The predicted molar refractivity (Wildman–Crippen MR) is 108 cm³/mol. The lowest BCUT2D eigenvalue weighted by Crippen LogP contribution is -2.48. The average molecular weight is 419 g/mol. The highest BCUT2D eigenvalue weighted by Crippen LogP contribution is 2.18. The molecule has 2 aliphatic rings. The summed E-state index contributed by atoms with van der Waals surface area (Å²) in [7, 11) is -1.70. The molecule has 0 amide bonds. The van der Waals surface area contributed by atoms with Crippen molar-refractivity contribution < 1.29 is 22.7 Å². The summed E-state index contributed by atoms with van der Waals surface area (Å²) in [4.78, 5) is 18.1. The van der Waals surface area contributed by atoms with Crippen molar-refractivity contribution in [3.8, 4) is 0 Å². The second kappa shape index (κ2) is 11.6. The molecule has 9 nitrogen and oxygen atoms in total. The third-order valence-corrected chi connectivity index (χ3v) is 6.43. The summed E-state index contributed by atoms with van der Waals surface area (Å²) in [5.41, 5.74) is 0. The quantitative estimate of drug-likeness (QED) is 0.332. The minimum atomic E-state index is -3.37. The summed E-state index contributed by atoms with van der Waals surface area (Å²) in [5, 5.41) is 3.11. The largest absolute Gasteiger partial charge is 0.466 e. The first-order valence-corrected chi connectivity index (χ1v) is 11.8. The van der Waals surface area contributed by atoms with E-state index >= 15 is 0 Å². The van der Waals surface area contributed by atoms with Gasteiger partial charge in [-0.15, -0.1) is 0 Å². The summed E-state index contributed by atoms with van der Waals surface area (Å²) >= 11 is 0. The van der Waals surface area contributed by atoms with Crippen LogP contribution in [0.4, 0.5) is 0 Å². The van der Waals surface area contributed by atoms with E-state index in [4.69, 9.17) is 9.47 Å². The van der Waals surface area contributed by atoms with E-state index in [-0.39, 0.29) is 30.3 Å². The Morgan fingerprint density at radius 3 is 2.61 bits per heavy atom. The van der Waals surface area contributed by atoms with Gasteiger partial charge in [-0.2, -0.15) is 0 Å². The smallest absolute Gasteiger partial charge is 0.309 e. The Morgan fingerprint density at radius 2 is 2.00 bits per heavy atom. The SMILES string of the molecule is CCOC(=O)C1CCN(C(=NC)NCCS(=O)(=O)NCC2CCCCO2)CC1. The van der Waals surface area contributed by atoms with Gasteiger partial charge in [0.15, 0.2) is 5.96 Å². The van der Waals surface area contributed by atoms with E-state index in [2.05, 4.69) is 15.0 Å². The minimum absolute atomic E-state index is 0.0232. The second-order valence-electron chi connectivity index (χ2n) is 7.14. The fourth-order valence-corrected chi connectivity index (χ4v) is 4.43. The van der Waals surface area contributed by atoms with Gasteiger partial charge >= 0.3 is 5.97 Å². The lowest BCUT2D eigenvalue weighted by atomic mass is 9.97. The Balaban J connectivity index is 1.69. The van der Waals surface area contributed by atoms with Crippen LogP contribution >= 0.6 is 0 Å². The molecule has 10 heteroatoms. The van der Waals surface area contributed by atoms with Gasteiger partial charge in [0.2, 0.25) is 10.0 Å². The van der Waals surface area contributed by atoms with Crippen LogP contribution in [-0.2, 0) is 24.3 Å². The number of nitrogens with zero attached hydrogens (tertiary/aromatic N) is 2. The van der Waals surface area contributed by atoms with E-state index in [1.54, 1.807) is 7.05 Å². The first kappa shape index (κ1) is 22.9. The van der Waals surface area contributed by atoms with E-state index < -0.39 is 10.0 Å². The van der Waals surface area contributed by atoms with Gasteiger partial charge in [0.1, 0.15) is 0 Å². The van der Waals surface area contributed by atoms with Crippen molar-refractivity contribution in [2.45, 2.75) is 45.1 Å². The number of guanidine groups is 1. The van der Waals surface area contributed by atoms with Crippen molar-refractivity contribution in [3.63, 3.8) is 0 Å². The number of hydrogen-bond donors (Lipinski definition) is 2. The first-order chi connectivity index (χ1) is 13.4. The van der Waals surface area contributed by atoms with Gasteiger partial charge in [0.05, 0.1) is 24.4 Å². The number of aliphatic imine (C=N–C) groups is 1. The molecule has 2 saturated heterocycles. The molecule has 162 valence electrons. The van der Waals surface area contributed by atoms with Crippen LogP contribution in [0.1, 0.15) is 39.0 Å². The number of carbonyl (C=O) groups excluding carboxylic acids is 1. The molecule has 1 atom stereocenters. The second-order valence-corrected chi connectivity index (χ2v) is 9.07. The first-order valence-electron chi connectivity index (χ1n) is 10.2. The van der Waals surface area contributed by atoms with Crippen molar-refractivity contribution in [2.75, 3.05) is 52.2 Å². The van der Waals surface area contributed by atoms with E-state index in [1.165, 1.54) is 0 Å². The zero-order valence-corrected chi connectivity index (χ0v) is 17.8. The van der Waals surface area contributed by atoms with Crippen LogP contribution in [-0.4, -0.2) is 83.5 Å². The Morgan fingerprint density at radius 1 is 1.25 bits per heavy atom. The van der Waals surface area contributed by atoms with Crippen molar-refractivity contribution in [1.29, 1.82) is 0 Å². The number of esters is 1. The summed E-state index contributed by atoms with van der Waals surface area (Å²) in [5.74, 6) is 0.427. The molecule has 0 radical (unpaired) electrons. The van der Waals surface area contributed by atoms with E-state index in [0.29, 0.717) is 51.6 Å². The van der Waals surface area contributed by atoms with Crippen LogP contribution in [0.15, 0.2) is 4.99 Å². The van der Waals surface area contributed by atoms with Crippen molar-refractivity contribution in [1.82, 2.24) is 14.9 Å². The molecule has 1 unspecified atom stereocenters. The summed E-state index contributed by atoms with van der Waals surface area (Å²) in [6, 6.07) is 0. The fraction of sp³-hybridized carbons (Fsp3) is 0.889. The Kier molecular flexibility index (Phi) is 9.46. The highest BCUT2D eigenvalue weighted by atomic mass is 32.2. The van der Waals surface area contributed by atoms with Gasteiger partial charge in [-0.3, -0.25) is 9.79 Å². The molecule has 2 heterocycles. The van der Waals surface area contributed by atoms with E-state index in [0.717, 1.165) is 19.3 Å². The molecular formula is C18H34N4O5S. The molecule has 0 bridgehead atoms. The molecule has 0 aromatic heterocycles. The highest BCUT2D eigenvalue weighted by molar-refractivity contribution is 7.89. The number of hydrogen-bond acceptors (Lipinski definition) is 6. The molecule has 2 N–H and O–H groups in total. The average Bonchev–Trinajstić information content (AvgIpc) is 2.71. The summed E-state index contributed by atoms with van der Waals surface area (Å²) in [6.45, 7) is 4.89. The maximum atomic E-state index is 12.2. The van der Waals surface area contributed by atoms with Crippen LogP contribution in [0, 0.1) is 5.92 Å². The minimum Gasteiger partial charge on any atom is -0.466 e. The molecular weight excluding hydrogens is 384 g/mol. The molecule has 0 aromatic carbocycles. The van der Waals surface area contributed by atoms with Crippen LogP contribution in [0.25, 0.3) is 0 Å². The molecule has 0 aromatic rings. The highest BCUT2D eigenvalue weighted by Gasteiger charge is 2.27. The zero-order valence-electron chi connectivity index (χ0n) is 17.0. The number of ether oxygens (including phenoxy) is 2.